The van der Waals surface area contributed by atoms with Gasteiger partial charge >= 0.3 is 12.0 Å². The monoisotopic (exact) mass is 424 g/mol. The second-order valence-corrected chi connectivity index (χ2v) is 6.80. The van der Waals surface area contributed by atoms with Crippen molar-refractivity contribution in [3.63, 3.8) is 0 Å². The highest BCUT2D eigenvalue weighted by Gasteiger charge is 2.36. The smallest absolute Gasteiger partial charge is 0.344 e. The van der Waals surface area contributed by atoms with E-state index in [9.17, 15) is 19.2 Å². The highest BCUT2D eigenvalue weighted by molar-refractivity contribution is 6.39. The summed E-state index contributed by atoms with van der Waals surface area (Å²) in [6.07, 6.45) is 0.218. The predicted molar refractivity (Wildman–Crippen MR) is 111 cm³/mol. The second-order valence-electron chi connectivity index (χ2n) is 6.80. The molecule has 1 atom stereocenters. The Bertz CT molecular complexity index is 1090. The summed E-state index contributed by atoms with van der Waals surface area (Å²) in [6, 6.07) is 10.4. The van der Waals surface area contributed by atoms with Crippen LogP contribution in [0.1, 0.15) is 18.1 Å². The molecule has 9 nitrogen and oxygen atoms in total. The number of benzene rings is 2. The first kappa shape index (κ1) is 21.6. The molecule has 1 fully saturated rings. The molecular formula is C22H20N2O7. The number of ether oxygens (including phenoxy) is 2. The van der Waals surface area contributed by atoms with Gasteiger partial charge in [-0.05, 0) is 49.8 Å². The standard InChI is InChI=1S/C22H20N2O7/c1-12-4-7-15(8-5-12)24-20(26)16(19(25)23-22(24)29)10-14-6-9-17(18(11-14)30-3)31-13(2)21(27)28/h4-11,13H,1-3H3,(H,27,28)(H,23,25,29)/b16-10+/t13-/m0/s1. The van der Waals surface area contributed by atoms with E-state index >= 15 is 0 Å². The van der Waals surface area contributed by atoms with Crippen molar-refractivity contribution in [2.75, 3.05) is 12.0 Å². The fraction of sp³-hybridized carbons (Fsp3) is 0.182. The number of carbonyl (C=O) groups excluding carboxylic acids is 3. The van der Waals surface area contributed by atoms with Crippen LogP contribution in [0, 0.1) is 6.92 Å². The number of imide groups is 2. The number of methoxy groups -OCH3 is 1. The molecule has 160 valence electrons. The molecule has 0 aliphatic carbocycles. The van der Waals surface area contributed by atoms with E-state index in [4.69, 9.17) is 14.6 Å². The fourth-order valence-corrected chi connectivity index (χ4v) is 2.86. The third kappa shape index (κ3) is 4.55. The van der Waals surface area contributed by atoms with E-state index in [2.05, 4.69) is 5.32 Å². The molecule has 9 heteroatoms. The number of urea groups is 1. The number of carbonyl (C=O) groups is 4. The average Bonchev–Trinajstić information content (AvgIpc) is 2.73. The molecule has 31 heavy (non-hydrogen) atoms. The van der Waals surface area contributed by atoms with Gasteiger partial charge in [0.1, 0.15) is 5.57 Å². The first-order valence-corrected chi connectivity index (χ1v) is 9.27. The van der Waals surface area contributed by atoms with Crippen LogP contribution in [0.25, 0.3) is 6.08 Å². The molecule has 4 amide bonds. The van der Waals surface area contributed by atoms with Crippen molar-refractivity contribution >= 4 is 35.6 Å². The molecule has 0 radical (unpaired) electrons. The molecule has 3 rings (SSSR count). The molecule has 1 aliphatic rings. The van der Waals surface area contributed by atoms with E-state index in [0.717, 1.165) is 10.5 Å². The minimum absolute atomic E-state index is 0.190. The van der Waals surface area contributed by atoms with Gasteiger partial charge in [0, 0.05) is 0 Å². The third-order valence-electron chi connectivity index (χ3n) is 4.54. The third-order valence-corrected chi connectivity index (χ3v) is 4.54. The van der Waals surface area contributed by atoms with Crippen LogP contribution in [-0.4, -0.2) is 42.1 Å². The first-order chi connectivity index (χ1) is 14.7. The molecule has 1 saturated heterocycles. The van der Waals surface area contributed by atoms with Crippen molar-refractivity contribution in [2.24, 2.45) is 0 Å². The van der Waals surface area contributed by atoms with Crippen molar-refractivity contribution in [2.45, 2.75) is 20.0 Å². The zero-order valence-corrected chi connectivity index (χ0v) is 17.0. The Kier molecular flexibility index (Phi) is 6.05. The lowest BCUT2D eigenvalue weighted by Crippen LogP contribution is -2.54. The molecule has 0 aromatic heterocycles. The highest BCUT2D eigenvalue weighted by Crippen LogP contribution is 2.30. The Labute approximate surface area is 177 Å². The minimum atomic E-state index is -1.14. The normalized spacial score (nSPS) is 16.2. The van der Waals surface area contributed by atoms with E-state index in [0.29, 0.717) is 11.3 Å². The number of rotatable bonds is 6. The van der Waals surface area contributed by atoms with Crippen LogP contribution in [0.3, 0.4) is 0 Å². The number of amides is 4. The zero-order valence-electron chi connectivity index (χ0n) is 17.0. The quantitative estimate of drug-likeness (QED) is 0.540. The first-order valence-electron chi connectivity index (χ1n) is 9.27. The Morgan fingerprint density at radius 3 is 2.39 bits per heavy atom. The van der Waals surface area contributed by atoms with Crippen molar-refractivity contribution in [1.82, 2.24) is 5.32 Å². The Morgan fingerprint density at radius 1 is 1.10 bits per heavy atom. The molecule has 0 bridgehead atoms. The molecule has 2 aromatic rings. The SMILES string of the molecule is COc1cc(/C=C2\C(=O)NC(=O)N(c3ccc(C)cc3)C2=O)ccc1O[C@@H](C)C(=O)O. The van der Waals surface area contributed by atoms with Gasteiger partial charge < -0.3 is 14.6 Å². The Morgan fingerprint density at radius 2 is 1.77 bits per heavy atom. The van der Waals surface area contributed by atoms with Gasteiger partial charge in [-0.2, -0.15) is 0 Å². The Balaban J connectivity index is 1.94. The molecular weight excluding hydrogens is 404 g/mol. The summed E-state index contributed by atoms with van der Waals surface area (Å²) >= 11 is 0. The predicted octanol–water partition coefficient (Wildman–Crippen LogP) is 2.52. The van der Waals surface area contributed by atoms with Crippen LogP contribution >= 0.6 is 0 Å². The summed E-state index contributed by atoms with van der Waals surface area (Å²) in [5.74, 6) is -2.32. The molecule has 2 N–H and O–H groups in total. The van der Waals surface area contributed by atoms with Crippen molar-refractivity contribution < 1.29 is 33.8 Å². The van der Waals surface area contributed by atoms with Crippen LogP contribution in [0.4, 0.5) is 10.5 Å². The van der Waals surface area contributed by atoms with Gasteiger partial charge in [-0.1, -0.05) is 23.8 Å². The number of hydrogen-bond donors (Lipinski definition) is 2. The maximum atomic E-state index is 12.9. The van der Waals surface area contributed by atoms with Gasteiger partial charge in [0.15, 0.2) is 17.6 Å². The summed E-state index contributed by atoms with van der Waals surface area (Å²) in [4.78, 5) is 49.4. The van der Waals surface area contributed by atoms with E-state index in [1.165, 1.54) is 38.3 Å². The lowest BCUT2D eigenvalue weighted by molar-refractivity contribution is -0.144. The summed E-state index contributed by atoms with van der Waals surface area (Å²) in [5.41, 5.74) is 1.46. The van der Waals surface area contributed by atoms with Gasteiger partial charge in [-0.15, -0.1) is 0 Å². The summed E-state index contributed by atoms with van der Waals surface area (Å²) in [6.45, 7) is 3.24. The van der Waals surface area contributed by atoms with Gasteiger partial charge in [0.05, 0.1) is 12.8 Å². The number of aryl methyl sites for hydroxylation is 1. The van der Waals surface area contributed by atoms with Crippen LogP contribution in [0.5, 0.6) is 11.5 Å². The largest absolute Gasteiger partial charge is 0.493 e. The highest BCUT2D eigenvalue weighted by atomic mass is 16.5. The second kappa shape index (κ2) is 8.70. The van der Waals surface area contributed by atoms with Crippen LogP contribution in [0.15, 0.2) is 48.0 Å². The zero-order chi connectivity index (χ0) is 22.7. The number of aliphatic carboxylic acids is 1. The fourth-order valence-electron chi connectivity index (χ4n) is 2.86. The van der Waals surface area contributed by atoms with E-state index in [1.807, 2.05) is 6.92 Å². The van der Waals surface area contributed by atoms with Crippen molar-refractivity contribution in [3.8, 4) is 11.5 Å². The van der Waals surface area contributed by atoms with E-state index < -0.39 is 29.9 Å². The molecule has 1 aliphatic heterocycles. The minimum Gasteiger partial charge on any atom is -0.493 e. The van der Waals surface area contributed by atoms with Gasteiger partial charge in [0.25, 0.3) is 11.8 Å². The van der Waals surface area contributed by atoms with Gasteiger partial charge in [0.2, 0.25) is 0 Å². The lowest BCUT2D eigenvalue weighted by atomic mass is 10.1. The average molecular weight is 424 g/mol. The lowest BCUT2D eigenvalue weighted by Gasteiger charge is -2.26. The van der Waals surface area contributed by atoms with Crippen molar-refractivity contribution in [1.29, 1.82) is 0 Å². The molecule has 0 unspecified atom stereocenters. The van der Waals surface area contributed by atoms with Crippen LogP contribution < -0.4 is 19.7 Å². The van der Waals surface area contributed by atoms with E-state index in [-0.39, 0.29) is 17.1 Å². The number of hydrogen-bond acceptors (Lipinski definition) is 6. The molecule has 2 aromatic carbocycles. The van der Waals surface area contributed by atoms with Crippen LogP contribution in [0.2, 0.25) is 0 Å². The Hall–Kier alpha value is -4.14. The molecule has 0 spiro atoms. The molecule has 0 saturated carbocycles. The number of carboxylic acid groups (broad SMARTS) is 1. The number of anilines is 1. The van der Waals surface area contributed by atoms with Crippen LogP contribution in [-0.2, 0) is 14.4 Å². The topological polar surface area (TPSA) is 122 Å². The number of barbiturate groups is 1. The number of carboxylic acids is 1. The van der Waals surface area contributed by atoms with Crippen molar-refractivity contribution in [3.05, 3.63) is 59.2 Å². The summed E-state index contributed by atoms with van der Waals surface area (Å²) < 4.78 is 10.6. The maximum Gasteiger partial charge on any atom is 0.344 e. The van der Waals surface area contributed by atoms with Gasteiger partial charge in [-0.25, -0.2) is 14.5 Å². The summed E-state index contributed by atoms with van der Waals surface area (Å²) in [7, 11) is 1.38. The maximum absolute atomic E-state index is 12.9. The number of nitrogens with zero attached hydrogens (tertiary/aromatic N) is 1. The van der Waals surface area contributed by atoms with Gasteiger partial charge in [-0.3, -0.25) is 14.9 Å². The summed E-state index contributed by atoms with van der Waals surface area (Å²) in [5, 5.41) is 11.2. The number of nitrogens with one attached hydrogen (secondary N) is 1. The molecule has 1 heterocycles. The van der Waals surface area contributed by atoms with E-state index in [1.54, 1.807) is 24.3 Å².